The molecule has 2 aromatic carbocycles. The average molecular weight is 553 g/mol. The zero-order valence-corrected chi connectivity index (χ0v) is 23.2. The van der Waals surface area contributed by atoms with Gasteiger partial charge in [-0.2, -0.15) is 0 Å². The molecule has 0 spiro atoms. The summed E-state index contributed by atoms with van der Waals surface area (Å²) >= 11 is 6.04. The number of halogens is 2. The number of esters is 1. The number of pyridine rings is 1. The molecule has 1 aliphatic heterocycles. The highest BCUT2D eigenvalue weighted by atomic mass is 35.5. The third-order valence-electron chi connectivity index (χ3n) is 6.67. The summed E-state index contributed by atoms with van der Waals surface area (Å²) in [6.45, 7) is 9.88. The molecule has 0 bridgehead atoms. The topological polar surface area (TPSA) is 74.8 Å². The number of anilines is 1. The van der Waals surface area contributed by atoms with Gasteiger partial charge in [-0.15, -0.1) is 0 Å². The van der Waals surface area contributed by atoms with Crippen LogP contribution in [0, 0.1) is 5.82 Å². The quantitative estimate of drug-likeness (QED) is 0.276. The number of hydrogen-bond acceptors (Lipinski definition) is 7. The Balaban J connectivity index is 1.27. The molecule has 0 amide bonds. The maximum atomic E-state index is 14.1. The summed E-state index contributed by atoms with van der Waals surface area (Å²) in [6.07, 6.45) is 1.52. The van der Waals surface area contributed by atoms with Crippen molar-refractivity contribution in [1.29, 1.82) is 0 Å². The number of carbonyl (C=O) groups is 2. The van der Waals surface area contributed by atoms with Gasteiger partial charge < -0.3 is 15.0 Å². The van der Waals surface area contributed by atoms with Gasteiger partial charge in [0.05, 0.1) is 22.7 Å². The van der Waals surface area contributed by atoms with Crippen LogP contribution in [0.3, 0.4) is 0 Å². The number of nitrogens with one attached hydrogen (secondary N) is 1. The average Bonchev–Trinajstić information content (AvgIpc) is 2.92. The second kappa shape index (κ2) is 13.2. The number of benzene rings is 2. The summed E-state index contributed by atoms with van der Waals surface area (Å²) in [7, 11) is 0. The molecule has 3 aromatic rings. The van der Waals surface area contributed by atoms with E-state index in [0.717, 1.165) is 38.3 Å². The van der Waals surface area contributed by atoms with Crippen LogP contribution in [0.5, 0.6) is 0 Å². The van der Waals surface area contributed by atoms with Crippen LogP contribution in [-0.2, 0) is 17.8 Å². The van der Waals surface area contributed by atoms with E-state index in [1.165, 1.54) is 23.8 Å². The summed E-state index contributed by atoms with van der Waals surface area (Å²) in [5.41, 5.74) is 2.63. The van der Waals surface area contributed by atoms with Gasteiger partial charge in [-0.3, -0.25) is 9.69 Å². The number of rotatable bonds is 10. The Labute approximate surface area is 233 Å². The van der Waals surface area contributed by atoms with Gasteiger partial charge in [0.2, 0.25) is 0 Å². The molecule has 0 radical (unpaired) electrons. The number of nitrogens with zero attached hydrogens (tertiary/aromatic N) is 3. The van der Waals surface area contributed by atoms with E-state index >= 15 is 0 Å². The number of piperazine rings is 1. The number of ketones is 1. The van der Waals surface area contributed by atoms with Gasteiger partial charge in [0.25, 0.3) is 0 Å². The smallest absolute Gasteiger partial charge is 0.342 e. The zero-order valence-electron chi connectivity index (χ0n) is 22.5. The van der Waals surface area contributed by atoms with Crippen LogP contribution in [0.4, 0.5) is 10.2 Å². The van der Waals surface area contributed by atoms with Gasteiger partial charge >= 0.3 is 5.97 Å². The number of aromatic nitrogens is 1. The molecule has 1 saturated heterocycles. The summed E-state index contributed by atoms with van der Waals surface area (Å²) in [4.78, 5) is 34.2. The highest BCUT2D eigenvalue weighted by molar-refractivity contribution is 6.34. The van der Waals surface area contributed by atoms with E-state index in [1.807, 2.05) is 26.0 Å². The summed E-state index contributed by atoms with van der Waals surface area (Å²) in [5, 5.41) is 3.28. The van der Waals surface area contributed by atoms with Gasteiger partial charge in [-0.05, 0) is 56.2 Å². The zero-order chi connectivity index (χ0) is 27.9. The van der Waals surface area contributed by atoms with E-state index in [1.54, 1.807) is 25.3 Å². The summed E-state index contributed by atoms with van der Waals surface area (Å²) in [5.74, 6) is -0.659. The summed E-state index contributed by atoms with van der Waals surface area (Å²) in [6, 6.07) is 15.4. The molecule has 1 fully saturated rings. The van der Waals surface area contributed by atoms with E-state index in [4.69, 9.17) is 16.3 Å². The van der Waals surface area contributed by atoms with Crippen LogP contribution < -0.4 is 10.2 Å². The van der Waals surface area contributed by atoms with Crippen molar-refractivity contribution in [2.24, 2.45) is 0 Å². The van der Waals surface area contributed by atoms with Crippen LogP contribution >= 0.6 is 11.6 Å². The van der Waals surface area contributed by atoms with Crippen LogP contribution in [0.1, 0.15) is 52.6 Å². The lowest BCUT2D eigenvalue weighted by Crippen LogP contribution is -2.46. The second-order valence-electron chi connectivity index (χ2n) is 9.97. The molecular formula is C30H34ClFN4O3. The van der Waals surface area contributed by atoms with E-state index in [9.17, 15) is 14.0 Å². The lowest BCUT2D eigenvalue weighted by molar-refractivity contribution is 0.0378. The minimum atomic E-state index is -0.611. The monoisotopic (exact) mass is 552 g/mol. The highest BCUT2D eigenvalue weighted by Crippen LogP contribution is 2.22. The van der Waals surface area contributed by atoms with Crippen molar-refractivity contribution in [2.45, 2.75) is 46.0 Å². The first kappa shape index (κ1) is 28.7. The van der Waals surface area contributed by atoms with E-state index in [-0.39, 0.29) is 28.4 Å². The standard InChI is InChI=1S/C30H34ClFN4O3/c1-20(2)39-30(38)24-6-5-13-33-29(24)36-16-14-35(15-17-36)19-23-11-9-22(10-12-23)18-34-21(3)28(37)27-25(31)7-4-8-26(27)32/h4-13,20-21,34H,14-19H2,1-3H3. The number of ether oxygens (including phenoxy) is 1. The van der Waals surface area contributed by atoms with Crippen LogP contribution in [0.25, 0.3) is 0 Å². The minimum absolute atomic E-state index is 0.0793. The molecule has 0 aliphatic carbocycles. The van der Waals surface area contributed by atoms with Crippen LogP contribution in [-0.4, -0.2) is 60.0 Å². The Bertz CT molecular complexity index is 1270. The molecule has 1 unspecified atom stereocenters. The van der Waals surface area contributed by atoms with Gasteiger partial charge in [-0.1, -0.05) is 41.9 Å². The molecule has 7 nitrogen and oxygen atoms in total. The largest absolute Gasteiger partial charge is 0.459 e. The van der Waals surface area contributed by atoms with Gasteiger partial charge in [0, 0.05) is 45.5 Å². The van der Waals surface area contributed by atoms with Crippen LogP contribution in [0.15, 0.2) is 60.8 Å². The first-order valence-corrected chi connectivity index (χ1v) is 13.5. The third-order valence-corrected chi connectivity index (χ3v) is 6.98. The Morgan fingerprint density at radius 1 is 1.00 bits per heavy atom. The second-order valence-corrected chi connectivity index (χ2v) is 10.4. The fourth-order valence-electron chi connectivity index (χ4n) is 4.54. The van der Waals surface area contributed by atoms with Crippen molar-refractivity contribution in [1.82, 2.24) is 15.2 Å². The number of Topliss-reactive ketones (excluding diaryl/α,β-unsaturated/α-hetero) is 1. The van der Waals surface area contributed by atoms with Crippen molar-refractivity contribution >= 4 is 29.2 Å². The molecule has 9 heteroatoms. The molecule has 1 aliphatic rings. The molecule has 1 atom stereocenters. The Morgan fingerprint density at radius 3 is 2.36 bits per heavy atom. The third kappa shape index (κ3) is 7.41. The fraction of sp³-hybridized carbons (Fsp3) is 0.367. The predicted molar refractivity (Wildman–Crippen MR) is 151 cm³/mol. The minimum Gasteiger partial charge on any atom is -0.459 e. The molecule has 4 rings (SSSR count). The maximum Gasteiger partial charge on any atom is 0.342 e. The molecule has 0 saturated carbocycles. The summed E-state index contributed by atoms with van der Waals surface area (Å²) < 4.78 is 19.5. The predicted octanol–water partition coefficient (Wildman–Crippen LogP) is 5.12. The normalized spacial score (nSPS) is 14.9. The molecule has 1 N–H and O–H groups in total. The fourth-order valence-corrected chi connectivity index (χ4v) is 4.79. The molecule has 39 heavy (non-hydrogen) atoms. The van der Waals surface area contributed by atoms with E-state index in [0.29, 0.717) is 17.9 Å². The highest BCUT2D eigenvalue weighted by Gasteiger charge is 2.24. The maximum absolute atomic E-state index is 14.1. The van der Waals surface area contributed by atoms with Crippen molar-refractivity contribution in [3.8, 4) is 0 Å². The Morgan fingerprint density at radius 2 is 1.69 bits per heavy atom. The van der Waals surface area contributed by atoms with E-state index < -0.39 is 11.9 Å². The van der Waals surface area contributed by atoms with E-state index in [2.05, 4.69) is 32.2 Å². The lowest BCUT2D eigenvalue weighted by Gasteiger charge is -2.36. The molecule has 206 valence electrons. The number of hydrogen-bond donors (Lipinski definition) is 1. The van der Waals surface area contributed by atoms with Gasteiger partial charge in [-0.25, -0.2) is 14.2 Å². The van der Waals surface area contributed by atoms with Crippen LogP contribution in [0.2, 0.25) is 5.02 Å². The lowest BCUT2D eigenvalue weighted by atomic mass is 10.0. The van der Waals surface area contributed by atoms with Crippen molar-refractivity contribution in [2.75, 3.05) is 31.1 Å². The Hall–Kier alpha value is -3.33. The first-order chi connectivity index (χ1) is 18.7. The van der Waals surface area contributed by atoms with Crippen molar-refractivity contribution < 1.29 is 18.7 Å². The molecule has 1 aromatic heterocycles. The van der Waals surface area contributed by atoms with Crippen molar-refractivity contribution in [3.63, 3.8) is 0 Å². The van der Waals surface area contributed by atoms with Crippen molar-refractivity contribution in [3.05, 3.63) is 93.9 Å². The molecule has 2 heterocycles. The van der Waals surface area contributed by atoms with Gasteiger partial charge in [0.1, 0.15) is 17.2 Å². The first-order valence-electron chi connectivity index (χ1n) is 13.2. The number of carbonyl (C=O) groups excluding carboxylic acids is 2. The SMILES string of the molecule is CC(C)OC(=O)c1cccnc1N1CCN(Cc2ccc(CNC(C)C(=O)c3c(F)cccc3Cl)cc2)CC1. The Kier molecular flexibility index (Phi) is 9.67. The molecular weight excluding hydrogens is 519 g/mol. The van der Waals surface area contributed by atoms with Gasteiger partial charge in [0.15, 0.2) is 5.78 Å².